The highest BCUT2D eigenvalue weighted by Crippen LogP contribution is 2.27. The summed E-state index contributed by atoms with van der Waals surface area (Å²) in [5.41, 5.74) is 3.13. The molecule has 6 nitrogen and oxygen atoms in total. The Bertz CT molecular complexity index is 1160. The van der Waals surface area contributed by atoms with E-state index in [0.29, 0.717) is 5.02 Å². The van der Waals surface area contributed by atoms with E-state index in [0.717, 1.165) is 23.9 Å². The highest BCUT2D eigenvalue weighted by atomic mass is 35.5. The molecule has 0 aliphatic rings. The molecule has 0 aliphatic heterocycles. The van der Waals surface area contributed by atoms with Crippen molar-refractivity contribution in [3.63, 3.8) is 0 Å². The number of carbonyl (C=O) groups is 1. The van der Waals surface area contributed by atoms with Crippen molar-refractivity contribution in [3.8, 4) is 17.2 Å². The molecule has 0 saturated carbocycles. The maximum absolute atomic E-state index is 12.7. The van der Waals surface area contributed by atoms with E-state index in [9.17, 15) is 22.4 Å². The molecular weight excluding hydrogens is 480 g/mol. The first-order valence-electron chi connectivity index (χ1n) is 9.66. The number of para-hydroxylation sites is 1. The maximum atomic E-state index is 12.7. The van der Waals surface area contributed by atoms with Gasteiger partial charge in [0.25, 0.3) is 5.91 Å². The Morgan fingerprint density at radius 1 is 0.941 bits per heavy atom. The van der Waals surface area contributed by atoms with Gasteiger partial charge in [-0.2, -0.15) is 22.7 Å². The summed E-state index contributed by atoms with van der Waals surface area (Å²) in [7, 11) is 0. The standard InChI is InChI=1S/C23H17ClF4N2O4/c24-18-7-3-1-5-15(18)13-32-19-8-4-2-6-17(19)21(31)30-29-12-14-9-10-16(33-22(25)26)11-20(14)34-23(27)28/h1-12,22-23H,13H2,(H,30,31)/b29-12+. The van der Waals surface area contributed by atoms with E-state index in [2.05, 4.69) is 20.0 Å². The van der Waals surface area contributed by atoms with Crippen LogP contribution in [0, 0.1) is 0 Å². The molecule has 11 heteroatoms. The number of hydrazone groups is 1. The Morgan fingerprint density at radius 2 is 1.65 bits per heavy atom. The molecule has 0 aliphatic carbocycles. The third-order valence-electron chi connectivity index (χ3n) is 4.27. The van der Waals surface area contributed by atoms with Gasteiger partial charge in [0, 0.05) is 22.2 Å². The fourth-order valence-electron chi connectivity index (χ4n) is 2.77. The first kappa shape index (κ1) is 24.8. The van der Waals surface area contributed by atoms with Gasteiger partial charge in [-0.3, -0.25) is 4.79 Å². The molecule has 3 aromatic carbocycles. The van der Waals surface area contributed by atoms with Crippen LogP contribution in [0.3, 0.4) is 0 Å². The van der Waals surface area contributed by atoms with Crippen molar-refractivity contribution in [2.75, 3.05) is 0 Å². The maximum Gasteiger partial charge on any atom is 0.387 e. The highest BCUT2D eigenvalue weighted by Gasteiger charge is 2.14. The lowest BCUT2D eigenvalue weighted by molar-refractivity contribution is -0.0543. The average Bonchev–Trinajstić information content (AvgIpc) is 2.79. The number of carbonyl (C=O) groups excluding carboxylic acids is 1. The Kier molecular flexibility index (Phi) is 8.69. The van der Waals surface area contributed by atoms with Crippen LogP contribution >= 0.6 is 11.6 Å². The van der Waals surface area contributed by atoms with E-state index in [1.807, 2.05) is 0 Å². The summed E-state index contributed by atoms with van der Waals surface area (Å²) >= 11 is 6.12. The fourth-order valence-corrected chi connectivity index (χ4v) is 2.96. The minimum absolute atomic E-state index is 0.00882. The summed E-state index contributed by atoms with van der Waals surface area (Å²) in [4.78, 5) is 12.6. The SMILES string of the molecule is O=C(N/N=C/c1ccc(OC(F)F)cc1OC(F)F)c1ccccc1OCc1ccccc1Cl. The Balaban J connectivity index is 1.71. The monoisotopic (exact) mass is 496 g/mol. The predicted octanol–water partition coefficient (Wildman–Crippen LogP) is 5.89. The van der Waals surface area contributed by atoms with Crippen molar-refractivity contribution in [2.45, 2.75) is 19.8 Å². The third kappa shape index (κ3) is 7.11. The quantitative estimate of drug-likeness (QED) is 0.216. The molecule has 0 fully saturated rings. The van der Waals surface area contributed by atoms with Crippen LogP contribution < -0.4 is 19.6 Å². The first-order chi connectivity index (χ1) is 16.3. The van der Waals surface area contributed by atoms with E-state index >= 15 is 0 Å². The van der Waals surface area contributed by atoms with Gasteiger partial charge in [0.1, 0.15) is 23.9 Å². The minimum Gasteiger partial charge on any atom is -0.488 e. The number of nitrogens with zero attached hydrogens (tertiary/aromatic N) is 1. The molecule has 178 valence electrons. The van der Waals surface area contributed by atoms with E-state index in [4.69, 9.17) is 16.3 Å². The van der Waals surface area contributed by atoms with Crippen LogP contribution in [0.5, 0.6) is 17.2 Å². The summed E-state index contributed by atoms with van der Waals surface area (Å²) in [6.07, 6.45) is 1.02. The average molecular weight is 497 g/mol. The van der Waals surface area contributed by atoms with Gasteiger partial charge in [0.2, 0.25) is 0 Å². The number of alkyl halides is 4. The van der Waals surface area contributed by atoms with Crippen LogP contribution in [0.25, 0.3) is 0 Å². The molecular formula is C23H17ClF4N2O4. The molecule has 3 aromatic rings. The first-order valence-corrected chi connectivity index (χ1v) is 10.0. The van der Waals surface area contributed by atoms with Crippen LogP contribution in [0.1, 0.15) is 21.5 Å². The van der Waals surface area contributed by atoms with Gasteiger partial charge in [-0.05, 0) is 30.3 Å². The lowest BCUT2D eigenvalue weighted by atomic mass is 10.2. The smallest absolute Gasteiger partial charge is 0.387 e. The van der Waals surface area contributed by atoms with Gasteiger partial charge in [-0.15, -0.1) is 0 Å². The van der Waals surface area contributed by atoms with E-state index in [1.165, 1.54) is 12.1 Å². The summed E-state index contributed by atoms with van der Waals surface area (Å²) in [6, 6.07) is 16.6. The van der Waals surface area contributed by atoms with Crippen LogP contribution in [-0.2, 0) is 6.61 Å². The molecule has 0 saturated heterocycles. The fraction of sp³-hybridized carbons (Fsp3) is 0.130. The van der Waals surface area contributed by atoms with Crippen molar-refractivity contribution in [3.05, 3.63) is 88.4 Å². The number of benzene rings is 3. The molecule has 3 rings (SSSR count). The second-order valence-corrected chi connectivity index (χ2v) is 6.94. The van der Waals surface area contributed by atoms with Gasteiger partial charge in [-0.1, -0.05) is 41.9 Å². The van der Waals surface area contributed by atoms with Crippen LogP contribution in [0.15, 0.2) is 71.8 Å². The van der Waals surface area contributed by atoms with Gasteiger partial charge in [0.05, 0.1) is 11.8 Å². The number of halogens is 5. The van der Waals surface area contributed by atoms with Crippen molar-refractivity contribution >= 4 is 23.7 Å². The number of amides is 1. The zero-order valence-corrected chi connectivity index (χ0v) is 18.0. The molecule has 0 radical (unpaired) electrons. The summed E-state index contributed by atoms with van der Waals surface area (Å²) in [5, 5.41) is 4.25. The second-order valence-electron chi connectivity index (χ2n) is 6.53. The van der Waals surface area contributed by atoms with Crippen LogP contribution in [0.2, 0.25) is 5.02 Å². The zero-order valence-electron chi connectivity index (χ0n) is 17.3. The Morgan fingerprint density at radius 3 is 2.38 bits per heavy atom. The van der Waals surface area contributed by atoms with Crippen molar-refractivity contribution in [1.29, 1.82) is 0 Å². The third-order valence-corrected chi connectivity index (χ3v) is 4.64. The minimum atomic E-state index is -3.22. The zero-order chi connectivity index (χ0) is 24.5. The van der Waals surface area contributed by atoms with Gasteiger partial charge in [0.15, 0.2) is 0 Å². The van der Waals surface area contributed by atoms with E-state index in [1.54, 1.807) is 42.5 Å². The summed E-state index contributed by atoms with van der Waals surface area (Å²) < 4.78 is 64.3. The molecule has 0 heterocycles. The molecule has 1 N–H and O–H groups in total. The number of hydrogen-bond acceptors (Lipinski definition) is 5. The summed E-state index contributed by atoms with van der Waals surface area (Å²) in [5.74, 6) is -1.21. The summed E-state index contributed by atoms with van der Waals surface area (Å²) in [6.45, 7) is -6.24. The normalized spacial score (nSPS) is 11.1. The van der Waals surface area contributed by atoms with E-state index < -0.39 is 24.9 Å². The number of hydrogen-bond donors (Lipinski definition) is 1. The molecule has 0 spiro atoms. The molecule has 0 bridgehead atoms. The molecule has 1 amide bonds. The van der Waals surface area contributed by atoms with E-state index in [-0.39, 0.29) is 29.2 Å². The van der Waals surface area contributed by atoms with Crippen molar-refractivity contribution in [2.24, 2.45) is 5.10 Å². The number of nitrogens with one attached hydrogen (secondary N) is 1. The second kappa shape index (κ2) is 11.9. The van der Waals surface area contributed by atoms with Crippen LogP contribution in [-0.4, -0.2) is 25.3 Å². The topological polar surface area (TPSA) is 69.2 Å². The molecule has 0 aromatic heterocycles. The van der Waals surface area contributed by atoms with Gasteiger partial charge < -0.3 is 14.2 Å². The molecule has 0 unspecified atom stereocenters. The van der Waals surface area contributed by atoms with Crippen molar-refractivity contribution < 1.29 is 36.6 Å². The Hall–Kier alpha value is -3.79. The lowest BCUT2D eigenvalue weighted by Crippen LogP contribution is -2.19. The lowest BCUT2D eigenvalue weighted by Gasteiger charge is -2.12. The van der Waals surface area contributed by atoms with Gasteiger partial charge >= 0.3 is 13.2 Å². The van der Waals surface area contributed by atoms with Crippen LogP contribution in [0.4, 0.5) is 17.6 Å². The van der Waals surface area contributed by atoms with Gasteiger partial charge in [-0.25, -0.2) is 5.43 Å². The predicted molar refractivity (Wildman–Crippen MR) is 117 cm³/mol. The number of ether oxygens (including phenoxy) is 3. The number of rotatable bonds is 10. The molecule has 34 heavy (non-hydrogen) atoms. The van der Waals surface area contributed by atoms with Crippen molar-refractivity contribution in [1.82, 2.24) is 5.43 Å². The molecule has 0 atom stereocenters. The highest BCUT2D eigenvalue weighted by molar-refractivity contribution is 6.31. The Labute approximate surface area is 196 Å². The largest absolute Gasteiger partial charge is 0.488 e.